The van der Waals surface area contributed by atoms with Crippen LogP contribution in [0.4, 0.5) is 0 Å². The number of ether oxygens (including phenoxy) is 3. The summed E-state index contributed by atoms with van der Waals surface area (Å²) in [5.41, 5.74) is 0. The predicted molar refractivity (Wildman–Crippen MR) is 220 cm³/mol. The third-order valence-electron chi connectivity index (χ3n) is 10.2. The van der Waals surface area contributed by atoms with Crippen molar-refractivity contribution in [1.82, 2.24) is 0 Å². The topological polar surface area (TPSA) is 78.9 Å². The molecule has 0 unspecified atom stereocenters. The standard InChI is InChI=1S/C46H88O6/c1-6-7-8-9-10-11-12-13-18-21-28-33-38-46(49)52-43(40-51-45(48)37-32-27-23-22-25-30-35-42(4)5)39-50-44(47)36-31-26-20-17-15-14-16-19-24-29-34-41(2)3/h41-43H,6-40H2,1-5H3/t43-/m1/s1. The van der Waals surface area contributed by atoms with Gasteiger partial charge in [0.1, 0.15) is 13.2 Å². The number of rotatable bonds is 40. The maximum absolute atomic E-state index is 12.7. The molecule has 0 saturated heterocycles. The van der Waals surface area contributed by atoms with Crippen molar-refractivity contribution in [3.63, 3.8) is 0 Å². The molecule has 0 aliphatic carbocycles. The van der Waals surface area contributed by atoms with E-state index in [0.717, 1.165) is 69.6 Å². The number of unbranched alkanes of at least 4 members (excludes halogenated alkanes) is 25. The molecule has 0 aromatic rings. The normalized spacial score (nSPS) is 12.1. The molecule has 0 aliphatic rings. The zero-order valence-corrected chi connectivity index (χ0v) is 35.4. The van der Waals surface area contributed by atoms with E-state index in [2.05, 4.69) is 34.6 Å². The first-order valence-corrected chi connectivity index (χ1v) is 22.7. The Bertz CT molecular complexity index is 794. The molecule has 6 nitrogen and oxygen atoms in total. The molecule has 0 heterocycles. The highest BCUT2D eigenvalue weighted by atomic mass is 16.6. The minimum atomic E-state index is -0.760. The van der Waals surface area contributed by atoms with Gasteiger partial charge in [-0.1, -0.05) is 208 Å². The molecule has 0 amide bonds. The van der Waals surface area contributed by atoms with Crippen LogP contribution in [0, 0.1) is 11.8 Å². The molecule has 0 bridgehead atoms. The Morgan fingerprint density at radius 3 is 0.942 bits per heavy atom. The van der Waals surface area contributed by atoms with Crippen LogP contribution < -0.4 is 0 Å². The van der Waals surface area contributed by atoms with E-state index in [1.54, 1.807) is 0 Å². The lowest BCUT2D eigenvalue weighted by molar-refractivity contribution is -0.167. The average Bonchev–Trinajstić information content (AvgIpc) is 3.11. The van der Waals surface area contributed by atoms with Gasteiger partial charge >= 0.3 is 17.9 Å². The summed E-state index contributed by atoms with van der Waals surface area (Å²) in [4.78, 5) is 37.6. The quantitative estimate of drug-likeness (QED) is 0.0354. The molecule has 0 radical (unpaired) electrons. The van der Waals surface area contributed by atoms with Gasteiger partial charge in [0.2, 0.25) is 0 Å². The van der Waals surface area contributed by atoms with E-state index in [0.29, 0.717) is 19.3 Å². The lowest BCUT2D eigenvalue weighted by atomic mass is 10.0. The Morgan fingerprint density at radius 1 is 0.365 bits per heavy atom. The van der Waals surface area contributed by atoms with Crippen LogP contribution in [0.5, 0.6) is 0 Å². The minimum absolute atomic E-state index is 0.0656. The third kappa shape index (κ3) is 39.6. The lowest BCUT2D eigenvalue weighted by Gasteiger charge is -2.18. The van der Waals surface area contributed by atoms with Crippen molar-refractivity contribution in [3.05, 3.63) is 0 Å². The Morgan fingerprint density at radius 2 is 0.635 bits per heavy atom. The smallest absolute Gasteiger partial charge is 0.306 e. The fourth-order valence-corrected chi connectivity index (χ4v) is 6.75. The van der Waals surface area contributed by atoms with Gasteiger partial charge in [0.25, 0.3) is 0 Å². The van der Waals surface area contributed by atoms with Crippen molar-refractivity contribution in [2.45, 2.75) is 253 Å². The molecule has 308 valence electrons. The maximum Gasteiger partial charge on any atom is 0.306 e. The van der Waals surface area contributed by atoms with Crippen molar-refractivity contribution in [1.29, 1.82) is 0 Å². The Kier molecular flexibility index (Phi) is 37.9. The van der Waals surface area contributed by atoms with Gasteiger partial charge in [-0.15, -0.1) is 0 Å². The van der Waals surface area contributed by atoms with Crippen molar-refractivity contribution < 1.29 is 28.6 Å². The molecule has 6 heteroatoms. The van der Waals surface area contributed by atoms with Crippen LogP contribution in [-0.4, -0.2) is 37.2 Å². The third-order valence-corrected chi connectivity index (χ3v) is 10.2. The molecular formula is C46H88O6. The van der Waals surface area contributed by atoms with E-state index in [1.165, 1.54) is 135 Å². The molecule has 0 aliphatic heterocycles. The predicted octanol–water partition coefficient (Wildman–Crippen LogP) is 14.2. The SMILES string of the molecule is CCCCCCCCCCCCCCC(=O)O[C@H](COC(=O)CCCCCCCCCCCCC(C)C)COC(=O)CCCCCCCCC(C)C. The molecule has 0 fully saturated rings. The van der Waals surface area contributed by atoms with Crippen LogP contribution in [0.25, 0.3) is 0 Å². The van der Waals surface area contributed by atoms with Crippen LogP contribution in [0.1, 0.15) is 247 Å². The maximum atomic E-state index is 12.7. The summed E-state index contributed by atoms with van der Waals surface area (Å²) in [6.45, 7) is 11.3. The highest BCUT2D eigenvalue weighted by Gasteiger charge is 2.19. The van der Waals surface area contributed by atoms with E-state index in [4.69, 9.17) is 14.2 Å². The number of hydrogen-bond donors (Lipinski definition) is 0. The van der Waals surface area contributed by atoms with Gasteiger partial charge in [-0.2, -0.15) is 0 Å². The monoisotopic (exact) mass is 737 g/mol. The Hall–Kier alpha value is -1.59. The molecule has 0 aromatic carbocycles. The van der Waals surface area contributed by atoms with Gasteiger partial charge in [0, 0.05) is 19.3 Å². The van der Waals surface area contributed by atoms with E-state index in [1.807, 2.05) is 0 Å². The lowest BCUT2D eigenvalue weighted by Crippen LogP contribution is -2.30. The summed E-state index contributed by atoms with van der Waals surface area (Å²) in [6, 6.07) is 0. The Labute approximate surface area is 323 Å². The summed E-state index contributed by atoms with van der Waals surface area (Å²) in [7, 11) is 0. The van der Waals surface area contributed by atoms with E-state index >= 15 is 0 Å². The Balaban J connectivity index is 4.32. The van der Waals surface area contributed by atoms with E-state index < -0.39 is 6.10 Å². The molecule has 0 aromatic heterocycles. The highest BCUT2D eigenvalue weighted by Crippen LogP contribution is 2.16. The van der Waals surface area contributed by atoms with Crippen molar-refractivity contribution in [2.75, 3.05) is 13.2 Å². The van der Waals surface area contributed by atoms with Crippen LogP contribution in [0.2, 0.25) is 0 Å². The van der Waals surface area contributed by atoms with Gasteiger partial charge in [-0.25, -0.2) is 0 Å². The molecule has 0 spiro atoms. The van der Waals surface area contributed by atoms with Crippen LogP contribution in [-0.2, 0) is 28.6 Å². The number of esters is 3. The second kappa shape index (κ2) is 39.1. The second-order valence-electron chi connectivity index (χ2n) is 16.6. The van der Waals surface area contributed by atoms with Crippen LogP contribution >= 0.6 is 0 Å². The summed E-state index contributed by atoms with van der Waals surface area (Å²) in [6.07, 6.45) is 36.7. The first kappa shape index (κ1) is 50.4. The summed E-state index contributed by atoms with van der Waals surface area (Å²) >= 11 is 0. The van der Waals surface area contributed by atoms with E-state index in [9.17, 15) is 14.4 Å². The fraction of sp³-hybridized carbons (Fsp3) is 0.935. The van der Waals surface area contributed by atoms with Crippen molar-refractivity contribution in [2.24, 2.45) is 11.8 Å². The zero-order chi connectivity index (χ0) is 38.3. The number of carbonyl (C=O) groups excluding carboxylic acids is 3. The average molecular weight is 737 g/mol. The number of carbonyl (C=O) groups is 3. The van der Waals surface area contributed by atoms with Crippen molar-refractivity contribution in [3.8, 4) is 0 Å². The van der Waals surface area contributed by atoms with Crippen LogP contribution in [0.15, 0.2) is 0 Å². The summed E-state index contributed by atoms with van der Waals surface area (Å²) in [5, 5.41) is 0. The molecule has 1 atom stereocenters. The van der Waals surface area contributed by atoms with Gasteiger partial charge < -0.3 is 14.2 Å². The van der Waals surface area contributed by atoms with Crippen molar-refractivity contribution >= 4 is 17.9 Å². The number of hydrogen-bond acceptors (Lipinski definition) is 6. The van der Waals surface area contributed by atoms with Crippen LogP contribution in [0.3, 0.4) is 0 Å². The van der Waals surface area contributed by atoms with Gasteiger partial charge in [0.15, 0.2) is 6.10 Å². The molecular weight excluding hydrogens is 648 g/mol. The summed E-state index contributed by atoms with van der Waals surface area (Å²) < 4.78 is 16.7. The zero-order valence-electron chi connectivity index (χ0n) is 35.4. The molecule has 0 N–H and O–H groups in total. The van der Waals surface area contributed by atoms with E-state index in [-0.39, 0.29) is 31.1 Å². The first-order chi connectivity index (χ1) is 25.2. The second-order valence-corrected chi connectivity index (χ2v) is 16.6. The fourth-order valence-electron chi connectivity index (χ4n) is 6.75. The summed E-state index contributed by atoms with van der Waals surface area (Å²) in [5.74, 6) is 0.720. The van der Waals surface area contributed by atoms with Gasteiger partial charge in [-0.3, -0.25) is 14.4 Å². The molecule has 0 saturated carbocycles. The minimum Gasteiger partial charge on any atom is -0.462 e. The molecule has 0 rings (SSSR count). The first-order valence-electron chi connectivity index (χ1n) is 22.7. The van der Waals surface area contributed by atoms with Gasteiger partial charge in [-0.05, 0) is 31.1 Å². The van der Waals surface area contributed by atoms with Gasteiger partial charge in [0.05, 0.1) is 0 Å². The highest BCUT2D eigenvalue weighted by molar-refractivity contribution is 5.71. The molecule has 52 heavy (non-hydrogen) atoms. The largest absolute Gasteiger partial charge is 0.462 e.